The standard InChI is InChI=1S/C11H25BO/c1-3-5-7-8-10-11(13-12)9-6-4-2/h11H,3-10,12H2,1-2H3. The lowest BCUT2D eigenvalue weighted by molar-refractivity contribution is 0.190. The maximum absolute atomic E-state index is 5.43. The number of unbranched alkanes of at least 4 members (excludes halogenated alkanes) is 4. The molecule has 0 aromatic heterocycles. The highest BCUT2D eigenvalue weighted by molar-refractivity contribution is 5.98. The van der Waals surface area contributed by atoms with Crippen molar-refractivity contribution >= 4 is 8.05 Å². The summed E-state index contributed by atoms with van der Waals surface area (Å²) in [7, 11) is 1.85. The van der Waals surface area contributed by atoms with Gasteiger partial charge in [0.1, 0.15) is 0 Å². The molecule has 0 aliphatic heterocycles. The molecule has 0 N–H and O–H groups in total. The highest BCUT2D eigenvalue weighted by atomic mass is 16.4. The van der Waals surface area contributed by atoms with Gasteiger partial charge >= 0.3 is 0 Å². The molecule has 0 saturated carbocycles. The molecule has 0 spiro atoms. The van der Waals surface area contributed by atoms with Gasteiger partial charge in [0.25, 0.3) is 8.05 Å². The minimum absolute atomic E-state index is 0.525. The summed E-state index contributed by atoms with van der Waals surface area (Å²) in [6.07, 6.45) is 11.1. The SMILES string of the molecule is BOC(CCCC)CCCCCC. The highest BCUT2D eigenvalue weighted by Gasteiger charge is 2.04. The maximum Gasteiger partial charge on any atom is 0.257 e. The zero-order valence-electron chi connectivity index (χ0n) is 9.64. The molecule has 1 nitrogen and oxygen atoms in total. The average Bonchev–Trinajstić information content (AvgIpc) is 2.17. The Morgan fingerprint density at radius 2 is 1.54 bits per heavy atom. The minimum Gasteiger partial charge on any atom is -0.441 e. The third-order valence-corrected chi connectivity index (χ3v) is 2.59. The second kappa shape index (κ2) is 10.1. The van der Waals surface area contributed by atoms with Gasteiger partial charge in [-0.3, -0.25) is 0 Å². The van der Waals surface area contributed by atoms with Gasteiger partial charge in [-0.2, -0.15) is 0 Å². The van der Waals surface area contributed by atoms with Crippen LogP contribution in [0, 0.1) is 0 Å². The van der Waals surface area contributed by atoms with Crippen molar-refractivity contribution in [2.24, 2.45) is 0 Å². The van der Waals surface area contributed by atoms with E-state index < -0.39 is 0 Å². The van der Waals surface area contributed by atoms with Crippen molar-refractivity contribution in [2.45, 2.75) is 71.3 Å². The van der Waals surface area contributed by atoms with Gasteiger partial charge in [0.15, 0.2) is 0 Å². The molecule has 0 heterocycles. The summed E-state index contributed by atoms with van der Waals surface area (Å²) in [6, 6.07) is 0. The van der Waals surface area contributed by atoms with E-state index in [-0.39, 0.29) is 0 Å². The summed E-state index contributed by atoms with van der Waals surface area (Å²) in [6.45, 7) is 4.49. The lowest BCUT2D eigenvalue weighted by Crippen LogP contribution is -2.10. The molecule has 78 valence electrons. The second-order valence-electron chi connectivity index (χ2n) is 3.85. The fourth-order valence-electron chi connectivity index (χ4n) is 1.61. The van der Waals surface area contributed by atoms with Crippen molar-refractivity contribution in [3.8, 4) is 0 Å². The van der Waals surface area contributed by atoms with Crippen LogP contribution in [0.3, 0.4) is 0 Å². The molecule has 13 heavy (non-hydrogen) atoms. The van der Waals surface area contributed by atoms with Crippen molar-refractivity contribution in [2.75, 3.05) is 0 Å². The molecule has 0 saturated heterocycles. The van der Waals surface area contributed by atoms with E-state index in [1.54, 1.807) is 0 Å². The van der Waals surface area contributed by atoms with Crippen LogP contribution in [-0.4, -0.2) is 14.2 Å². The Balaban J connectivity index is 3.25. The minimum atomic E-state index is 0.525. The van der Waals surface area contributed by atoms with E-state index >= 15 is 0 Å². The summed E-state index contributed by atoms with van der Waals surface area (Å²) in [5, 5.41) is 0. The second-order valence-corrected chi connectivity index (χ2v) is 3.85. The van der Waals surface area contributed by atoms with Crippen molar-refractivity contribution < 1.29 is 4.65 Å². The third kappa shape index (κ3) is 8.36. The number of hydrogen-bond acceptors (Lipinski definition) is 1. The molecule has 0 fully saturated rings. The van der Waals surface area contributed by atoms with Crippen LogP contribution in [0.15, 0.2) is 0 Å². The average molecular weight is 184 g/mol. The Hall–Kier alpha value is 0.0249. The Labute approximate surface area is 84.7 Å². The first kappa shape index (κ1) is 13.0. The summed E-state index contributed by atoms with van der Waals surface area (Å²) >= 11 is 0. The van der Waals surface area contributed by atoms with Gasteiger partial charge in [0.2, 0.25) is 0 Å². The molecule has 1 unspecified atom stereocenters. The smallest absolute Gasteiger partial charge is 0.257 e. The van der Waals surface area contributed by atoms with Crippen molar-refractivity contribution in [1.29, 1.82) is 0 Å². The molecule has 0 aliphatic rings. The monoisotopic (exact) mass is 184 g/mol. The van der Waals surface area contributed by atoms with Gasteiger partial charge < -0.3 is 4.65 Å². The van der Waals surface area contributed by atoms with Crippen LogP contribution in [0.5, 0.6) is 0 Å². The van der Waals surface area contributed by atoms with Crippen molar-refractivity contribution in [3.63, 3.8) is 0 Å². The Morgan fingerprint density at radius 3 is 2.08 bits per heavy atom. The largest absolute Gasteiger partial charge is 0.441 e. The maximum atomic E-state index is 5.43. The molecule has 0 bridgehead atoms. The van der Waals surface area contributed by atoms with E-state index in [4.69, 9.17) is 4.65 Å². The zero-order valence-corrected chi connectivity index (χ0v) is 9.64. The van der Waals surface area contributed by atoms with Crippen molar-refractivity contribution in [3.05, 3.63) is 0 Å². The topological polar surface area (TPSA) is 9.23 Å². The molecule has 0 aliphatic carbocycles. The van der Waals surface area contributed by atoms with Gasteiger partial charge in [-0.25, -0.2) is 0 Å². The van der Waals surface area contributed by atoms with Gasteiger partial charge in [-0.05, 0) is 12.8 Å². The first-order chi connectivity index (χ1) is 6.35. The number of hydrogen-bond donors (Lipinski definition) is 0. The summed E-state index contributed by atoms with van der Waals surface area (Å²) in [4.78, 5) is 0. The zero-order chi connectivity index (χ0) is 9.94. The van der Waals surface area contributed by atoms with E-state index in [9.17, 15) is 0 Å². The van der Waals surface area contributed by atoms with E-state index in [1.165, 1.54) is 51.4 Å². The normalized spacial score (nSPS) is 13.1. The quantitative estimate of drug-likeness (QED) is 0.395. The van der Waals surface area contributed by atoms with E-state index in [1.807, 2.05) is 8.05 Å². The van der Waals surface area contributed by atoms with Crippen molar-refractivity contribution in [1.82, 2.24) is 0 Å². The van der Waals surface area contributed by atoms with Gasteiger partial charge in [-0.15, -0.1) is 0 Å². The molecule has 2 heteroatoms. The van der Waals surface area contributed by atoms with E-state index in [0.29, 0.717) is 6.10 Å². The lowest BCUT2D eigenvalue weighted by atomic mass is 10.0. The summed E-state index contributed by atoms with van der Waals surface area (Å²) in [5.74, 6) is 0. The summed E-state index contributed by atoms with van der Waals surface area (Å²) < 4.78 is 5.43. The Kier molecular flexibility index (Phi) is 10.1. The molecule has 0 rings (SSSR count). The number of rotatable bonds is 9. The molecule has 0 amide bonds. The van der Waals surface area contributed by atoms with Gasteiger partial charge in [0.05, 0.1) is 0 Å². The molecule has 0 aromatic rings. The Bertz CT molecular complexity index is 96.1. The molecule has 0 aromatic carbocycles. The van der Waals surface area contributed by atoms with E-state index in [0.717, 1.165) is 0 Å². The lowest BCUT2D eigenvalue weighted by Gasteiger charge is -2.15. The predicted octanol–water partition coefficient (Wildman–Crippen LogP) is 3.08. The van der Waals surface area contributed by atoms with Gasteiger partial charge in [-0.1, -0.05) is 52.4 Å². The fourth-order valence-corrected chi connectivity index (χ4v) is 1.61. The van der Waals surface area contributed by atoms with Crippen LogP contribution < -0.4 is 0 Å². The predicted molar refractivity (Wildman–Crippen MR) is 61.7 cm³/mol. The molecule has 0 radical (unpaired) electrons. The van der Waals surface area contributed by atoms with Gasteiger partial charge in [0, 0.05) is 6.10 Å². The Morgan fingerprint density at radius 1 is 0.923 bits per heavy atom. The molecular weight excluding hydrogens is 159 g/mol. The highest BCUT2D eigenvalue weighted by Crippen LogP contribution is 2.12. The summed E-state index contributed by atoms with van der Waals surface area (Å²) in [5.41, 5.74) is 0. The third-order valence-electron chi connectivity index (χ3n) is 2.59. The van der Waals surface area contributed by atoms with Crippen LogP contribution >= 0.6 is 0 Å². The first-order valence-electron chi connectivity index (χ1n) is 5.87. The molecular formula is C11H25BO. The van der Waals surface area contributed by atoms with Crippen LogP contribution in [0.1, 0.15) is 65.2 Å². The van der Waals surface area contributed by atoms with Crippen LogP contribution in [0.4, 0.5) is 0 Å². The first-order valence-corrected chi connectivity index (χ1v) is 5.87. The van der Waals surface area contributed by atoms with Crippen LogP contribution in [0.2, 0.25) is 0 Å². The van der Waals surface area contributed by atoms with E-state index in [2.05, 4.69) is 13.8 Å². The molecule has 1 atom stereocenters. The van der Waals surface area contributed by atoms with Crippen LogP contribution in [-0.2, 0) is 4.65 Å². The van der Waals surface area contributed by atoms with Crippen LogP contribution in [0.25, 0.3) is 0 Å². The fraction of sp³-hybridized carbons (Fsp3) is 1.00.